The van der Waals surface area contributed by atoms with Crippen molar-refractivity contribution in [1.82, 2.24) is 10.2 Å². The molecule has 0 saturated carbocycles. The highest BCUT2D eigenvalue weighted by Crippen LogP contribution is 2.38. The van der Waals surface area contributed by atoms with Gasteiger partial charge in [-0.15, -0.1) is 10.2 Å². The fourth-order valence-corrected chi connectivity index (χ4v) is 3.66. The van der Waals surface area contributed by atoms with Gasteiger partial charge < -0.3 is 19.5 Å². The van der Waals surface area contributed by atoms with Crippen molar-refractivity contribution in [2.24, 2.45) is 0 Å². The van der Waals surface area contributed by atoms with Gasteiger partial charge in [0.1, 0.15) is 5.01 Å². The Balaban J connectivity index is 1.58. The van der Waals surface area contributed by atoms with Crippen molar-refractivity contribution < 1.29 is 19.0 Å². The molecule has 0 aliphatic heterocycles. The summed E-state index contributed by atoms with van der Waals surface area (Å²) in [7, 11) is 4.69. The second kappa shape index (κ2) is 9.88. The number of benzene rings is 2. The molecule has 1 N–H and O–H groups in total. The van der Waals surface area contributed by atoms with Crippen molar-refractivity contribution in [3.8, 4) is 17.2 Å². The van der Waals surface area contributed by atoms with Gasteiger partial charge in [0.25, 0.3) is 0 Å². The van der Waals surface area contributed by atoms with Crippen molar-refractivity contribution >= 4 is 22.4 Å². The minimum absolute atomic E-state index is 0.124. The summed E-state index contributed by atoms with van der Waals surface area (Å²) < 4.78 is 16.0. The van der Waals surface area contributed by atoms with Gasteiger partial charge in [-0.05, 0) is 29.7 Å². The maximum atomic E-state index is 12.3. The monoisotopic (exact) mass is 413 g/mol. The van der Waals surface area contributed by atoms with Crippen LogP contribution in [0.25, 0.3) is 0 Å². The molecule has 7 nitrogen and oxygen atoms in total. The number of aromatic nitrogens is 2. The van der Waals surface area contributed by atoms with Crippen LogP contribution >= 0.6 is 11.3 Å². The van der Waals surface area contributed by atoms with Crippen molar-refractivity contribution in [1.29, 1.82) is 0 Å². The molecule has 0 aliphatic carbocycles. The fourth-order valence-electron chi connectivity index (χ4n) is 2.87. The number of carbonyl (C=O) groups is 1. The third kappa shape index (κ3) is 5.45. The van der Waals surface area contributed by atoms with Crippen LogP contribution < -0.4 is 19.5 Å². The predicted molar refractivity (Wildman–Crippen MR) is 112 cm³/mol. The molecule has 152 valence electrons. The van der Waals surface area contributed by atoms with Gasteiger partial charge in [0.05, 0.1) is 21.3 Å². The van der Waals surface area contributed by atoms with Crippen LogP contribution in [-0.2, 0) is 17.6 Å². The molecule has 0 bridgehead atoms. The van der Waals surface area contributed by atoms with Crippen molar-refractivity contribution in [3.63, 3.8) is 0 Å². The number of rotatable bonds is 9. The summed E-state index contributed by atoms with van der Waals surface area (Å²) >= 11 is 1.38. The van der Waals surface area contributed by atoms with Gasteiger partial charge in [-0.25, -0.2) is 0 Å². The molecule has 3 rings (SSSR count). The van der Waals surface area contributed by atoms with E-state index in [0.29, 0.717) is 41.6 Å². The van der Waals surface area contributed by atoms with E-state index in [1.54, 1.807) is 21.3 Å². The Morgan fingerprint density at radius 2 is 1.66 bits per heavy atom. The summed E-state index contributed by atoms with van der Waals surface area (Å²) in [6, 6.07) is 13.7. The lowest BCUT2D eigenvalue weighted by Crippen LogP contribution is -2.12. The lowest BCUT2D eigenvalue weighted by molar-refractivity contribution is -0.116. The van der Waals surface area contributed by atoms with E-state index in [1.165, 1.54) is 11.3 Å². The van der Waals surface area contributed by atoms with Crippen LogP contribution in [0, 0.1) is 0 Å². The summed E-state index contributed by atoms with van der Waals surface area (Å²) in [4.78, 5) is 12.3. The zero-order valence-electron chi connectivity index (χ0n) is 16.6. The number of methoxy groups -OCH3 is 3. The lowest BCUT2D eigenvalue weighted by atomic mass is 10.1. The topological polar surface area (TPSA) is 82.6 Å². The molecule has 8 heteroatoms. The highest BCUT2D eigenvalue weighted by molar-refractivity contribution is 7.15. The lowest BCUT2D eigenvalue weighted by Gasteiger charge is -2.14. The van der Waals surface area contributed by atoms with Crippen LogP contribution in [0.15, 0.2) is 42.5 Å². The Kier molecular flexibility index (Phi) is 7.02. The second-order valence-electron chi connectivity index (χ2n) is 6.25. The number of anilines is 1. The Bertz CT molecular complexity index is 935. The van der Waals surface area contributed by atoms with Crippen LogP contribution in [0.2, 0.25) is 0 Å². The van der Waals surface area contributed by atoms with Crippen molar-refractivity contribution in [2.75, 3.05) is 26.6 Å². The first-order valence-electron chi connectivity index (χ1n) is 9.08. The van der Waals surface area contributed by atoms with Crippen LogP contribution in [0.5, 0.6) is 17.2 Å². The molecule has 29 heavy (non-hydrogen) atoms. The summed E-state index contributed by atoms with van der Waals surface area (Å²) in [6.45, 7) is 0. The zero-order chi connectivity index (χ0) is 20.6. The van der Waals surface area contributed by atoms with Gasteiger partial charge in [-0.1, -0.05) is 41.7 Å². The summed E-state index contributed by atoms with van der Waals surface area (Å²) in [5, 5.41) is 12.4. The van der Waals surface area contributed by atoms with E-state index in [9.17, 15) is 4.79 Å². The standard InChI is InChI=1S/C21H23N3O4S/c1-26-16-11-15(12-17(27-2)20(16)28-3)9-10-18(25)22-21-24-23-19(29-21)13-14-7-5-4-6-8-14/h4-8,11-12H,9-10,13H2,1-3H3,(H,22,24,25). The molecule has 1 heterocycles. The first-order valence-corrected chi connectivity index (χ1v) is 9.89. The average molecular weight is 413 g/mol. The van der Waals surface area contributed by atoms with E-state index in [-0.39, 0.29) is 5.91 Å². The first-order chi connectivity index (χ1) is 14.1. The number of ether oxygens (including phenoxy) is 3. The molecule has 2 aromatic carbocycles. The predicted octanol–water partition coefficient (Wildman–Crippen LogP) is 3.73. The minimum Gasteiger partial charge on any atom is -0.493 e. The molecule has 0 spiro atoms. The number of amides is 1. The van der Waals surface area contributed by atoms with E-state index in [2.05, 4.69) is 15.5 Å². The second-order valence-corrected chi connectivity index (χ2v) is 7.31. The molecular formula is C21H23N3O4S. The Morgan fingerprint density at radius 3 is 2.28 bits per heavy atom. The smallest absolute Gasteiger partial charge is 0.226 e. The molecule has 0 unspecified atom stereocenters. The SMILES string of the molecule is COc1cc(CCC(=O)Nc2nnc(Cc3ccccc3)s2)cc(OC)c1OC. The highest BCUT2D eigenvalue weighted by Gasteiger charge is 2.14. The number of hydrogen-bond acceptors (Lipinski definition) is 7. The zero-order valence-corrected chi connectivity index (χ0v) is 17.4. The highest BCUT2D eigenvalue weighted by atomic mass is 32.1. The molecule has 0 radical (unpaired) electrons. The number of aryl methyl sites for hydroxylation is 1. The van der Waals surface area contributed by atoms with Crippen LogP contribution in [0.4, 0.5) is 5.13 Å². The van der Waals surface area contributed by atoms with E-state index in [1.807, 2.05) is 42.5 Å². The number of nitrogens with one attached hydrogen (secondary N) is 1. The maximum absolute atomic E-state index is 12.3. The van der Waals surface area contributed by atoms with E-state index < -0.39 is 0 Å². The number of carbonyl (C=O) groups excluding carboxylic acids is 1. The minimum atomic E-state index is -0.124. The summed E-state index contributed by atoms with van der Waals surface area (Å²) in [5.41, 5.74) is 2.07. The Hall–Kier alpha value is -3.13. The third-order valence-corrected chi connectivity index (χ3v) is 5.12. The first kappa shape index (κ1) is 20.6. The largest absolute Gasteiger partial charge is 0.493 e. The molecule has 1 aromatic heterocycles. The molecule has 0 atom stereocenters. The van der Waals surface area contributed by atoms with Crippen LogP contribution in [0.1, 0.15) is 22.6 Å². The Labute approximate surface area is 173 Å². The fraction of sp³-hybridized carbons (Fsp3) is 0.286. The van der Waals surface area contributed by atoms with Crippen molar-refractivity contribution in [3.05, 3.63) is 58.6 Å². The quantitative estimate of drug-likeness (QED) is 0.576. The molecule has 1 amide bonds. The van der Waals surface area contributed by atoms with Gasteiger partial charge in [0.15, 0.2) is 11.5 Å². The van der Waals surface area contributed by atoms with Gasteiger partial charge in [0.2, 0.25) is 16.8 Å². The summed E-state index contributed by atoms with van der Waals surface area (Å²) in [6.07, 6.45) is 1.52. The van der Waals surface area contributed by atoms with E-state index >= 15 is 0 Å². The number of hydrogen-bond donors (Lipinski definition) is 1. The molecule has 0 aliphatic rings. The van der Waals surface area contributed by atoms with Crippen LogP contribution in [-0.4, -0.2) is 37.4 Å². The van der Waals surface area contributed by atoms with Crippen molar-refractivity contribution in [2.45, 2.75) is 19.3 Å². The average Bonchev–Trinajstić information content (AvgIpc) is 3.18. The van der Waals surface area contributed by atoms with Gasteiger partial charge >= 0.3 is 0 Å². The van der Waals surface area contributed by atoms with E-state index in [4.69, 9.17) is 14.2 Å². The van der Waals surface area contributed by atoms with Crippen LogP contribution in [0.3, 0.4) is 0 Å². The normalized spacial score (nSPS) is 10.4. The van der Waals surface area contributed by atoms with Gasteiger partial charge in [-0.2, -0.15) is 0 Å². The summed E-state index contributed by atoms with van der Waals surface area (Å²) in [5.74, 6) is 1.54. The molecule has 0 fully saturated rings. The van der Waals surface area contributed by atoms with Gasteiger partial charge in [-0.3, -0.25) is 4.79 Å². The van der Waals surface area contributed by atoms with Gasteiger partial charge in [0, 0.05) is 12.8 Å². The maximum Gasteiger partial charge on any atom is 0.226 e. The number of nitrogens with zero attached hydrogens (tertiary/aromatic N) is 2. The molecular weight excluding hydrogens is 390 g/mol. The third-order valence-electron chi connectivity index (χ3n) is 4.28. The van der Waals surface area contributed by atoms with E-state index in [0.717, 1.165) is 16.1 Å². The molecule has 3 aromatic rings. The molecule has 0 saturated heterocycles. The Morgan fingerprint density at radius 1 is 0.966 bits per heavy atom.